The number of hydrogen-bond donors (Lipinski definition) is 0. The van der Waals surface area contributed by atoms with Crippen molar-refractivity contribution in [2.24, 2.45) is 0 Å². The number of oxazole rings is 1. The molecule has 0 bridgehead atoms. The molecule has 3 aromatic carbocycles. The fraction of sp³-hybridized carbons (Fsp3) is 0.343. The van der Waals surface area contributed by atoms with Crippen LogP contribution in [0, 0.1) is 20.8 Å². The van der Waals surface area contributed by atoms with Crippen LogP contribution >= 0.6 is 0 Å². The van der Waals surface area contributed by atoms with E-state index in [1.54, 1.807) is 0 Å². The highest BCUT2D eigenvalue weighted by atomic mass is 16.6. The normalized spacial score (nSPS) is 15.4. The van der Waals surface area contributed by atoms with Crippen molar-refractivity contribution in [2.45, 2.75) is 59.1 Å². The fourth-order valence-electron chi connectivity index (χ4n) is 5.55. The molecule has 1 aliphatic heterocycles. The summed E-state index contributed by atoms with van der Waals surface area (Å²) in [4.78, 5) is 32.2. The maximum atomic E-state index is 13.6. The van der Waals surface area contributed by atoms with Crippen molar-refractivity contribution in [1.29, 1.82) is 0 Å². The van der Waals surface area contributed by atoms with Crippen LogP contribution < -0.4 is 4.74 Å². The van der Waals surface area contributed by atoms with E-state index in [0.29, 0.717) is 38.4 Å². The van der Waals surface area contributed by atoms with Crippen LogP contribution in [0.4, 0.5) is 4.79 Å². The van der Waals surface area contributed by atoms with E-state index in [4.69, 9.17) is 18.6 Å². The summed E-state index contributed by atoms with van der Waals surface area (Å²) in [6.07, 6.45) is 0.0397. The maximum Gasteiger partial charge on any atom is 0.417 e. The first-order chi connectivity index (χ1) is 20.8. The van der Waals surface area contributed by atoms with Crippen LogP contribution in [0.5, 0.6) is 5.75 Å². The van der Waals surface area contributed by atoms with Gasteiger partial charge in [0.15, 0.2) is 0 Å². The quantitative estimate of drug-likeness (QED) is 0.190. The molecule has 8 nitrogen and oxygen atoms in total. The van der Waals surface area contributed by atoms with Gasteiger partial charge in [-0.05, 0) is 68.5 Å². The monoisotopic (exact) mass is 582 g/mol. The number of benzene rings is 3. The Hall–Kier alpha value is -4.43. The van der Waals surface area contributed by atoms with Gasteiger partial charge in [-0.2, -0.15) is 0 Å². The Kier molecular flexibility index (Phi) is 9.57. The second-order valence-corrected chi connectivity index (χ2v) is 10.8. The number of ether oxygens (including phenoxy) is 3. The lowest BCUT2D eigenvalue weighted by Crippen LogP contribution is -2.47. The molecule has 5 rings (SSSR count). The number of aromatic nitrogens is 1. The zero-order valence-corrected chi connectivity index (χ0v) is 25.2. The molecule has 2 amide bonds. The van der Waals surface area contributed by atoms with Crippen LogP contribution in [0.2, 0.25) is 0 Å². The summed E-state index contributed by atoms with van der Waals surface area (Å²) in [5, 5.41) is 0. The number of aryl methyl sites for hydroxylation is 3. The van der Waals surface area contributed by atoms with Crippen LogP contribution in [0.3, 0.4) is 0 Å². The average Bonchev–Trinajstić information content (AvgIpc) is 3.56. The fourth-order valence-corrected chi connectivity index (χ4v) is 5.55. The Balaban J connectivity index is 1.24. The first kappa shape index (κ1) is 30.0. The largest absolute Gasteiger partial charge is 0.493 e. The molecule has 2 atom stereocenters. The third-order valence-corrected chi connectivity index (χ3v) is 7.60. The highest BCUT2D eigenvalue weighted by Gasteiger charge is 2.41. The van der Waals surface area contributed by atoms with Crippen molar-refractivity contribution in [1.82, 2.24) is 9.88 Å². The van der Waals surface area contributed by atoms with Crippen molar-refractivity contribution >= 4 is 12.0 Å². The van der Waals surface area contributed by atoms with Gasteiger partial charge in [0, 0.05) is 25.0 Å². The zero-order valence-electron chi connectivity index (χ0n) is 25.2. The lowest BCUT2D eigenvalue weighted by atomic mass is 9.99. The third-order valence-electron chi connectivity index (χ3n) is 7.60. The molecule has 1 aromatic heterocycles. The molecule has 2 heterocycles. The van der Waals surface area contributed by atoms with Gasteiger partial charge in [-0.25, -0.2) is 14.7 Å². The summed E-state index contributed by atoms with van der Waals surface area (Å²) in [7, 11) is 0. The molecular formula is C35H38N2O6. The Morgan fingerprint density at radius 1 is 1.00 bits per heavy atom. The Morgan fingerprint density at radius 2 is 1.67 bits per heavy atom. The minimum atomic E-state index is -0.812. The van der Waals surface area contributed by atoms with Crippen molar-refractivity contribution in [3.8, 4) is 17.2 Å². The number of carbonyl (C=O) groups excluding carboxylic acids is 2. The molecule has 8 heteroatoms. The van der Waals surface area contributed by atoms with E-state index < -0.39 is 12.2 Å². The van der Waals surface area contributed by atoms with E-state index in [2.05, 4.69) is 4.98 Å². The summed E-state index contributed by atoms with van der Waals surface area (Å²) in [5.41, 5.74) is 5.70. The molecule has 0 radical (unpaired) electrons. The van der Waals surface area contributed by atoms with E-state index in [9.17, 15) is 9.59 Å². The average molecular weight is 583 g/mol. The van der Waals surface area contributed by atoms with Crippen molar-refractivity contribution in [2.75, 3.05) is 19.8 Å². The molecule has 224 valence electrons. The molecule has 0 aliphatic carbocycles. The summed E-state index contributed by atoms with van der Waals surface area (Å²) in [5.74, 6) is 1.82. The van der Waals surface area contributed by atoms with Gasteiger partial charge < -0.3 is 18.6 Å². The van der Waals surface area contributed by atoms with Crippen LogP contribution in [0.1, 0.15) is 40.6 Å². The summed E-state index contributed by atoms with van der Waals surface area (Å²) < 4.78 is 23.3. The number of imide groups is 1. The SMILES string of the molecule is CCO[C@@H](Cc1cc(C)c(OCCc2nc(-c3ccccc3)oc2C)c(C)c1)C(=O)N1C(=O)OC[C@@H]1Cc1ccccc1. The van der Waals surface area contributed by atoms with Gasteiger partial charge in [-0.3, -0.25) is 4.79 Å². The molecule has 1 fully saturated rings. The van der Waals surface area contributed by atoms with Gasteiger partial charge in [0.2, 0.25) is 5.89 Å². The van der Waals surface area contributed by atoms with Crippen molar-refractivity contribution in [3.63, 3.8) is 0 Å². The highest BCUT2D eigenvalue weighted by molar-refractivity contribution is 5.96. The summed E-state index contributed by atoms with van der Waals surface area (Å²) in [6.45, 7) is 8.71. The second kappa shape index (κ2) is 13.7. The van der Waals surface area contributed by atoms with E-state index in [0.717, 1.165) is 45.0 Å². The first-order valence-corrected chi connectivity index (χ1v) is 14.7. The van der Waals surface area contributed by atoms with Gasteiger partial charge in [0.05, 0.1) is 18.3 Å². The Labute approximate surface area is 252 Å². The Morgan fingerprint density at radius 3 is 2.35 bits per heavy atom. The molecule has 1 saturated heterocycles. The standard InChI is InChI=1S/C35H38N2O6/c1-5-40-31(34(38)37-29(22-42-35(37)39)20-26-12-8-6-9-13-26)21-27-18-23(2)32(24(3)19-27)41-17-16-30-25(4)43-33(36-30)28-14-10-7-11-15-28/h6-15,18-19,29,31H,5,16-17,20-22H2,1-4H3/t29-,31-/m0/s1. The molecule has 0 unspecified atom stereocenters. The van der Waals surface area contributed by atoms with Crippen molar-refractivity contribution < 1.29 is 28.2 Å². The lowest BCUT2D eigenvalue weighted by molar-refractivity contribution is -0.141. The molecule has 4 aromatic rings. The van der Waals surface area contributed by atoms with Gasteiger partial charge >= 0.3 is 6.09 Å². The van der Waals surface area contributed by atoms with E-state index >= 15 is 0 Å². The van der Waals surface area contributed by atoms with Gasteiger partial charge in [0.25, 0.3) is 5.91 Å². The van der Waals surface area contributed by atoms with E-state index in [1.165, 1.54) is 4.90 Å². The van der Waals surface area contributed by atoms with Crippen LogP contribution in [0.25, 0.3) is 11.5 Å². The number of rotatable bonds is 12. The van der Waals surface area contributed by atoms with Crippen LogP contribution in [-0.4, -0.2) is 53.9 Å². The minimum Gasteiger partial charge on any atom is -0.493 e. The number of hydrogen-bond acceptors (Lipinski definition) is 7. The zero-order chi connectivity index (χ0) is 30.3. The predicted molar refractivity (Wildman–Crippen MR) is 163 cm³/mol. The number of cyclic esters (lactones) is 1. The second-order valence-electron chi connectivity index (χ2n) is 10.8. The Bertz CT molecular complexity index is 1530. The molecule has 0 spiro atoms. The van der Waals surface area contributed by atoms with Gasteiger partial charge in [-0.1, -0.05) is 60.7 Å². The van der Waals surface area contributed by atoms with Crippen molar-refractivity contribution in [3.05, 3.63) is 107 Å². The van der Waals surface area contributed by atoms with Gasteiger partial charge in [-0.15, -0.1) is 0 Å². The summed E-state index contributed by atoms with van der Waals surface area (Å²) in [6, 6.07) is 23.3. The van der Waals surface area contributed by atoms with Crippen LogP contribution in [-0.2, 0) is 33.5 Å². The van der Waals surface area contributed by atoms with Crippen LogP contribution in [0.15, 0.2) is 77.2 Å². The molecule has 0 N–H and O–H groups in total. The lowest BCUT2D eigenvalue weighted by Gasteiger charge is -2.25. The molecule has 0 saturated carbocycles. The predicted octanol–water partition coefficient (Wildman–Crippen LogP) is 6.43. The van der Waals surface area contributed by atoms with Gasteiger partial charge in [0.1, 0.15) is 24.2 Å². The molecule has 43 heavy (non-hydrogen) atoms. The number of amides is 2. The van der Waals surface area contributed by atoms with E-state index in [-0.39, 0.29) is 18.6 Å². The molecule has 1 aliphatic rings. The smallest absolute Gasteiger partial charge is 0.417 e. The first-order valence-electron chi connectivity index (χ1n) is 14.7. The maximum absolute atomic E-state index is 13.6. The number of nitrogens with zero attached hydrogens (tertiary/aromatic N) is 2. The topological polar surface area (TPSA) is 91.1 Å². The highest BCUT2D eigenvalue weighted by Crippen LogP contribution is 2.28. The third kappa shape index (κ3) is 7.14. The van der Waals surface area contributed by atoms with E-state index in [1.807, 2.05) is 100 Å². The summed E-state index contributed by atoms with van der Waals surface area (Å²) >= 11 is 0. The molecular weight excluding hydrogens is 544 g/mol. The minimum absolute atomic E-state index is 0.171. The number of carbonyl (C=O) groups is 2.